The number of ether oxygens (including phenoxy) is 1. The van der Waals surface area contributed by atoms with Crippen LogP contribution in [0.15, 0.2) is 47.3 Å². The third-order valence-electron chi connectivity index (χ3n) is 3.65. The molecule has 0 radical (unpaired) electrons. The van der Waals surface area contributed by atoms with Crippen LogP contribution < -0.4 is 5.43 Å². The molecule has 0 saturated carbocycles. The van der Waals surface area contributed by atoms with Gasteiger partial charge in [0.2, 0.25) is 11.1 Å². The first kappa shape index (κ1) is 16.2. The number of nitrogens with zero attached hydrogens (tertiary/aromatic N) is 2. The number of para-hydroxylation sites is 1. The average Bonchev–Trinajstić information content (AvgIpc) is 2.56. The molecule has 0 saturated heterocycles. The second-order valence-corrected chi connectivity index (χ2v) is 5.69. The molecule has 0 aliphatic heterocycles. The summed E-state index contributed by atoms with van der Waals surface area (Å²) in [5.41, 5.74) is 1.55. The molecule has 0 N–H and O–H groups in total. The molecule has 3 aromatic rings. The van der Waals surface area contributed by atoms with E-state index in [4.69, 9.17) is 16.3 Å². The van der Waals surface area contributed by atoms with E-state index in [0.717, 1.165) is 11.3 Å². The van der Waals surface area contributed by atoms with Crippen molar-refractivity contribution in [3.63, 3.8) is 0 Å². The molecular formula is C18H15ClN2O3. The van der Waals surface area contributed by atoms with E-state index in [-0.39, 0.29) is 12.3 Å². The highest BCUT2D eigenvalue weighted by Crippen LogP contribution is 2.21. The fourth-order valence-electron chi connectivity index (χ4n) is 2.55. The van der Waals surface area contributed by atoms with Gasteiger partial charge in [0, 0.05) is 5.02 Å². The Balaban J connectivity index is 2.36. The Bertz CT molecular complexity index is 995. The van der Waals surface area contributed by atoms with Crippen LogP contribution in [-0.4, -0.2) is 22.4 Å². The summed E-state index contributed by atoms with van der Waals surface area (Å²) in [6.07, 6.45) is 0. The minimum Gasteiger partial charge on any atom is -0.461 e. The van der Waals surface area contributed by atoms with Crippen LogP contribution in [0.2, 0.25) is 5.02 Å². The van der Waals surface area contributed by atoms with Crippen molar-refractivity contribution in [3.8, 4) is 5.69 Å². The molecule has 0 amide bonds. The van der Waals surface area contributed by atoms with Crippen LogP contribution in [0, 0.1) is 6.92 Å². The van der Waals surface area contributed by atoms with Crippen LogP contribution in [0.5, 0.6) is 0 Å². The highest BCUT2D eigenvalue weighted by atomic mass is 35.5. The average molecular weight is 343 g/mol. The van der Waals surface area contributed by atoms with Gasteiger partial charge < -0.3 is 4.74 Å². The summed E-state index contributed by atoms with van der Waals surface area (Å²) in [7, 11) is 0. The maximum absolute atomic E-state index is 12.6. The van der Waals surface area contributed by atoms with Crippen LogP contribution in [0.25, 0.3) is 16.6 Å². The fraction of sp³-hybridized carbons (Fsp3) is 0.167. The Morgan fingerprint density at radius 3 is 2.71 bits per heavy atom. The molecule has 0 aliphatic rings. The second kappa shape index (κ2) is 6.45. The van der Waals surface area contributed by atoms with Crippen LogP contribution in [0.4, 0.5) is 0 Å². The topological polar surface area (TPSA) is 61.2 Å². The lowest BCUT2D eigenvalue weighted by molar-refractivity contribution is 0.0516. The number of carbonyl (C=O) groups excluding carboxylic acids is 1. The van der Waals surface area contributed by atoms with E-state index >= 15 is 0 Å². The smallest absolute Gasteiger partial charge is 0.362 e. The summed E-state index contributed by atoms with van der Waals surface area (Å²) in [6, 6.07) is 12.4. The lowest BCUT2D eigenvalue weighted by atomic mass is 10.1. The fourth-order valence-corrected chi connectivity index (χ4v) is 2.78. The van der Waals surface area contributed by atoms with Gasteiger partial charge in [-0.05, 0) is 49.7 Å². The largest absolute Gasteiger partial charge is 0.461 e. The van der Waals surface area contributed by atoms with E-state index in [0.29, 0.717) is 15.9 Å². The van der Waals surface area contributed by atoms with E-state index in [2.05, 4.69) is 5.10 Å². The number of hydrogen-bond donors (Lipinski definition) is 0. The van der Waals surface area contributed by atoms with Crippen molar-refractivity contribution in [1.82, 2.24) is 9.78 Å². The molecule has 0 unspecified atom stereocenters. The van der Waals surface area contributed by atoms with E-state index in [1.165, 1.54) is 0 Å². The number of carbonyl (C=O) groups is 1. The van der Waals surface area contributed by atoms with Gasteiger partial charge >= 0.3 is 5.97 Å². The maximum atomic E-state index is 12.6. The van der Waals surface area contributed by atoms with E-state index in [9.17, 15) is 9.59 Å². The Labute approximate surface area is 143 Å². The first-order valence-electron chi connectivity index (χ1n) is 7.48. The highest BCUT2D eigenvalue weighted by Gasteiger charge is 2.19. The number of benzene rings is 2. The number of fused-ring (bicyclic) bond motifs is 1. The molecule has 24 heavy (non-hydrogen) atoms. The summed E-state index contributed by atoms with van der Waals surface area (Å²) in [4.78, 5) is 24.7. The molecule has 0 atom stereocenters. The van der Waals surface area contributed by atoms with Gasteiger partial charge in [0.25, 0.3) is 0 Å². The third kappa shape index (κ3) is 2.78. The summed E-state index contributed by atoms with van der Waals surface area (Å²) < 4.78 is 6.54. The molecular weight excluding hydrogens is 328 g/mol. The monoisotopic (exact) mass is 342 g/mol. The van der Waals surface area contributed by atoms with E-state index < -0.39 is 11.4 Å². The molecule has 0 aliphatic carbocycles. The first-order chi connectivity index (χ1) is 11.5. The lowest BCUT2D eigenvalue weighted by Crippen LogP contribution is -2.24. The van der Waals surface area contributed by atoms with Crippen molar-refractivity contribution in [1.29, 1.82) is 0 Å². The summed E-state index contributed by atoms with van der Waals surface area (Å²) >= 11 is 6.02. The van der Waals surface area contributed by atoms with Crippen molar-refractivity contribution in [2.75, 3.05) is 6.61 Å². The van der Waals surface area contributed by atoms with Gasteiger partial charge in [0.1, 0.15) is 0 Å². The van der Waals surface area contributed by atoms with Gasteiger partial charge in [0.05, 0.1) is 23.2 Å². The summed E-state index contributed by atoms with van der Waals surface area (Å²) in [5.74, 6) is -0.728. The number of halogens is 1. The molecule has 3 rings (SSSR count). The van der Waals surface area contributed by atoms with Crippen molar-refractivity contribution in [2.24, 2.45) is 0 Å². The summed E-state index contributed by atoms with van der Waals surface area (Å²) in [5, 5.41) is 5.28. The SMILES string of the molecule is CCOC(=O)c1nn(-c2ccc(Cl)cc2C)c2ccccc2c1=O. The lowest BCUT2D eigenvalue weighted by Gasteiger charge is -2.14. The number of aryl methyl sites for hydroxylation is 1. The number of esters is 1. The zero-order chi connectivity index (χ0) is 17.3. The van der Waals surface area contributed by atoms with Crippen molar-refractivity contribution >= 4 is 28.5 Å². The quantitative estimate of drug-likeness (QED) is 0.683. The van der Waals surface area contributed by atoms with Gasteiger partial charge in [-0.1, -0.05) is 23.7 Å². The molecule has 0 bridgehead atoms. The van der Waals surface area contributed by atoms with E-state index in [1.54, 1.807) is 48.0 Å². The zero-order valence-corrected chi connectivity index (χ0v) is 14.0. The minimum atomic E-state index is -0.728. The molecule has 122 valence electrons. The zero-order valence-electron chi connectivity index (χ0n) is 13.2. The standard InChI is InChI=1S/C18H15ClN2O3/c1-3-24-18(23)16-17(22)13-6-4-5-7-15(13)21(20-16)14-9-8-12(19)10-11(14)2/h4-10H,3H2,1-2H3. The van der Waals surface area contributed by atoms with Crippen molar-refractivity contribution < 1.29 is 9.53 Å². The second-order valence-electron chi connectivity index (χ2n) is 5.26. The molecule has 0 fully saturated rings. The predicted octanol–water partition coefficient (Wildman–Crippen LogP) is 3.52. The highest BCUT2D eigenvalue weighted by molar-refractivity contribution is 6.30. The normalized spacial score (nSPS) is 10.8. The number of aromatic nitrogens is 2. The molecule has 1 aromatic heterocycles. The van der Waals surface area contributed by atoms with Gasteiger partial charge in [-0.15, -0.1) is 0 Å². The van der Waals surface area contributed by atoms with Gasteiger partial charge in [0.15, 0.2) is 0 Å². The van der Waals surface area contributed by atoms with Gasteiger partial charge in [-0.2, -0.15) is 5.10 Å². The van der Waals surface area contributed by atoms with Crippen LogP contribution in [0.1, 0.15) is 23.0 Å². The van der Waals surface area contributed by atoms with E-state index in [1.807, 2.05) is 13.0 Å². The van der Waals surface area contributed by atoms with Gasteiger partial charge in [-0.25, -0.2) is 9.48 Å². The van der Waals surface area contributed by atoms with Gasteiger partial charge in [-0.3, -0.25) is 4.79 Å². The Morgan fingerprint density at radius 2 is 2.00 bits per heavy atom. The Morgan fingerprint density at radius 1 is 1.25 bits per heavy atom. The minimum absolute atomic E-state index is 0.173. The predicted molar refractivity (Wildman–Crippen MR) is 93.0 cm³/mol. The Hall–Kier alpha value is -2.66. The summed E-state index contributed by atoms with van der Waals surface area (Å²) in [6.45, 7) is 3.74. The maximum Gasteiger partial charge on any atom is 0.362 e. The van der Waals surface area contributed by atoms with Crippen LogP contribution >= 0.6 is 11.6 Å². The Kier molecular flexibility index (Phi) is 4.36. The van der Waals surface area contributed by atoms with Crippen molar-refractivity contribution in [2.45, 2.75) is 13.8 Å². The molecule has 0 spiro atoms. The molecule has 6 heteroatoms. The van der Waals surface area contributed by atoms with Crippen molar-refractivity contribution in [3.05, 3.63) is 69.0 Å². The number of rotatable bonds is 3. The third-order valence-corrected chi connectivity index (χ3v) is 3.88. The number of hydrogen-bond acceptors (Lipinski definition) is 4. The molecule has 5 nitrogen and oxygen atoms in total. The molecule has 1 heterocycles. The van der Waals surface area contributed by atoms with Crippen LogP contribution in [0.3, 0.4) is 0 Å². The molecule has 2 aromatic carbocycles. The van der Waals surface area contributed by atoms with Crippen LogP contribution in [-0.2, 0) is 4.74 Å². The first-order valence-corrected chi connectivity index (χ1v) is 7.86.